The van der Waals surface area contributed by atoms with Crippen molar-refractivity contribution in [2.75, 3.05) is 6.61 Å². The monoisotopic (exact) mass is 198 g/mol. The van der Waals surface area contributed by atoms with E-state index in [0.717, 1.165) is 12.3 Å². The van der Waals surface area contributed by atoms with Crippen molar-refractivity contribution in [3.63, 3.8) is 0 Å². The molecule has 1 nitrogen and oxygen atoms in total. The summed E-state index contributed by atoms with van der Waals surface area (Å²) in [6, 6.07) is 0. The van der Waals surface area contributed by atoms with Gasteiger partial charge in [-0.15, -0.1) is 0 Å². The fraction of sp³-hybridized carbons (Fsp3) is 1.00. The molecule has 14 heavy (non-hydrogen) atoms. The molecule has 1 unspecified atom stereocenters. The second-order valence-corrected chi connectivity index (χ2v) is 4.89. The smallest absolute Gasteiger partial charge is 0.0459 e. The molecular weight excluding hydrogens is 172 g/mol. The Hall–Kier alpha value is -0.0400. The Morgan fingerprint density at radius 3 is 2.50 bits per heavy atom. The Bertz CT molecular complexity index is 123. The number of rotatable bonds is 6. The Balaban J connectivity index is 2.01. The van der Waals surface area contributed by atoms with E-state index in [1.54, 1.807) is 0 Å². The lowest BCUT2D eigenvalue weighted by molar-refractivity contribution is 0.207. The van der Waals surface area contributed by atoms with Crippen LogP contribution >= 0.6 is 0 Å². The lowest BCUT2D eigenvalue weighted by Gasteiger charge is -2.22. The van der Waals surface area contributed by atoms with Crippen molar-refractivity contribution < 1.29 is 5.11 Å². The molecule has 84 valence electrons. The van der Waals surface area contributed by atoms with E-state index in [1.165, 1.54) is 51.4 Å². The topological polar surface area (TPSA) is 20.2 Å². The molecule has 0 spiro atoms. The van der Waals surface area contributed by atoms with Crippen molar-refractivity contribution in [3.05, 3.63) is 0 Å². The van der Waals surface area contributed by atoms with E-state index in [-0.39, 0.29) is 0 Å². The first-order chi connectivity index (χ1) is 6.86. The second kappa shape index (κ2) is 7.28. The first-order valence-electron chi connectivity index (χ1n) is 6.47. The van der Waals surface area contributed by atoms with Gasteiger partial charge in [-0.25, -0.2) is 0 Å². The molecule has 1 rings (SSSR count). The average Bonchev–Trinajstić information content (AvgIpc) is 2.26. The molecule has 1 atom stereocenters. The Labute approximate surface area is 88.9 Å². The molecular formula is C13H26O. The van der Waals surface area contributed by atoms with Crippen LogP contribution in [-0.2, 0) is 0 Å². The Kier molecular flexibility index (Phi) is 6.25. The maximum Gasteiger partial charge on any atom is 0.0459 e. The molecule has 1 heteroatoms. The van der Waals surface area contributed by atoms with Crippen LogP contribution in [0.3, 0.4) is 0 Å². The maximum absolute atomic E-state index is 9.06. The molecule has 0 heterocycles. The molecule has 0 aromatic rings. The first-order valence-corrected chi connectivity index (χ1v) is 6.47. The molecule has 1 aliphatic carbocycles. The zero-order valence-electron chi connectivity index (χ0n) is 9.67. The van der Waals surface area contributed by atoms with Crippen LogP contribution < -0.4 is 0 Å². The van der Waals surface area contributed by atoms with Gasteiger partial charge >= 0.3 is 0 Å². The summed E-state index contributed by atoms with van der Waals surface area (Å²) in [5.41, 5.74) is 0. The van der Waals surface area contributed by atoms with Crippen LogP contribution in [0.4, 0.5) is 0 Å². The number of hydrogen-bond donors (Lipinski definition) is 1. The molecule has 1 fully saturated rings. The largest absolute Gasteiger partial charge is 0.396 e. The van der Waals surface area contributed by atoms with Crippen molar-refractivity contribution in [1.29, 1.82) is 0 Å². The first kappa shape index (κ1) is 12.0. The lowest BCUT2D eigenvalue weighted by atomic mass is 9.85. The molecule has 0 saturated heterocycles. The third kappa shape index (κ3) is 4.45. The number of aliphatic hydroxyl groups excluding tert-OH is 1. The van der Waals surface area contributed by atoms with Crippen LogP contribution in [0.2, 0.25) is 0 Å². The summed E-state index contributed by atoms with van der Waals surface area (Å²) in [4.78, 5) is 0. The van der Waals surface area contributed by atoms with Crippen molar-refractivity contribution >= 4 is 0 Å². The fourth-order valence-electron chi connectivity index (χ4n) is 2.60. The van der Waals surface area contributed by atoms with Crippen LogP contribution in [0.1, 0.15) is 64.7 Å². The summed E-state index contributed by atoms with van der Waals surface area (Å²) in [6.45, 7) is 2.57. The average molecular weight is 198 g/mol. The highest BCUT2D eigenvalue weighted by atomic mass is 16.3. The fourth-order valence-corrected chi connectivity index (χ4v) is 2.60. The van der Waals surface area contributed by atoms with Crippen LogP contribution in [0.25, 0.3) is 0 Å². The van der Waals surface area contributed by atoms with Gasteiger partial charge in [-0.3, -0.25) is 0 Å². The standard InChI is InChI=1S/C13H26O/c1-2-12(11-14)9-6-10-13-7-4-3-5-8-13/h12-14H,2-11H2,1H3. The molecule has 0 aliphatic heterocycles. The molecule has 0 amide bonds. The zero-order valence-corrected chi connectivity index (χ0v) is 9.67. The summed E-state index contributed by atoms with van der Waals surface area (Å²) in [5.74, 6) is 1.58. The summed E-state index contributed by atoms with van der Waals surface area (Å²) in [6.07, 6.45) is 12.4. The van der Waals surface area contributed by atoms with Crippen molar-refractivity contribution in [3.8, 4) is 0 Å². The summed E-state index contributed by atoms with van der Waals surface area (Å²) in [7, 11) is 0. The van der Waals surface area contributed by atoms with Crippen LogP contribution in [0.5, 0.6) is 0 Å². The minimum Gasteiger partial charge on any atom is -0.396 e. The van der Waals surface area contributed by atoms with Gasteiger partial charge in [-0.05, 0) is 18.3 Å². The van der Waals surface area contributed by atoms with E-state index in [2.05, 4.69) is 6.92 Å². The van der Waals surface area contributed by atoms with Gasteiger partial charge in [0, 0.05) is 6.61 Å². The van der Waals surface area contributed by atoms with Crippen LogP contribution in [0, 0.1) is 11.8 Å². The highest BCUT2D eigenvalue weighted by Crippen LogP contribution is 2.28. The zero-order chi connectivity index (χ0) is 10.2. The van der Waals surface area contributed by atoms with Gasteiger partial charge in [0.25, 0.3) is 0 Å². The molecule has 1 aliphatic rings. The number of aliphatic hydroxyl groups is 1. The minimum atomic E-state index is 0.390. The van der Waals surface area contributed by atoms with Gasteiger partial charge in [0.05, 0.1) is 0 Å². The SMILES string of the molecule is CCC(CO)CCCC1CCCCC1. The Morgan fingerprint density at radius 1 is 1.21 bits per heavy atom. The van der Waals surface area contributed by atoms with E-state index in [9.17, 15) is 0 Å². The normalized spacial score (nSPS) is 21.0. The third-order valence-corrected chi connectivity index (χ3v) is 3.79. The van der Waals surface area contributed by atoms with Gasteiger partial charge in [0.2, 0.25) is 0 Å². The summed E-state index contributed by atoms with van der Waals surface area (Å²) < 4.78 is 0. The Morgan fingerprint density at radius 2 is 1.93 bits per heavy atom. The van der Waals surface area contributed by atoms with E-state index < -0.39 is 0 Å². The van der Waals surface area contributed by atoms with Gasteiger partial charge in [-0.1, -0.05) is 58.3 Å². The van der Waals surface area contributed by atoms with Gasteiger partial charge in [0.15, 0.2) is 0 Å². The summed E-state index contributed by atoms with van der Waals surface area (Å²) in [5, 5.41) is 9.06. The van der Waals surface area contributed by atoms with E-state index in [1.807, 2.05) is 0 Å². The van der Waals surface area contributed by atoms with Crippen LogP contribution in [0.15, 0.2) is 0 Å². The third-order valence-electron chi connectivity index (χ3n) is 3.79. The van der Waals surface area contributed by atoms with Crippen molar-refractivity contribution in [2.24, 2.45) is 11.8 Å². The van der Waals surface area contributed by atoms with Gasteiger partial charge in [0.1, 0.15) is 0 Å². The molecule has 0 aromatic heterocycles. The van der Waals surface area contributed by atoms with Gasteiger partial charge < -0.3 is 5.11 Å². The summed E-state index contributed by atoms with van der Waals surface area (Å²) >= 11 is 0. The number of hydrogen-bond acceptors (Lipinski definition) is 1. The highest BCUT2D eigenvalue weighted by molar-refractivity contribution is 4.66. The van der Waals surface area contributed by atoms with E-state index in [4.69, 9.17) is 5.11 Å². The van der Waals surface area contributed by atoms with Crippen molar-refractivity contribution in [1.82, 2.24) is 0 Å². The van der Waals surface area contributed by atoms with E-state index in [0.29, 0.717) is 12.5 Å². The molecule has 0 radical (unpaired) electrons. The molecule has 1 N–H and O–H groups in total. The minimum absolute atomic E-state index is 0.390. The van der Waals surface area contributed by atoms with Crippen LogP contribution in [-0.4, -0.2) is 11.7 Å². The predicted octanol–water partition coefficient (Wildman–Crippen LogP) is 3.76. The lowest BCUT2D eigenvalue weighted by Crippen LogP contribution is -2.08. The highest BCUT2D eigenvalue weighted by Gasteiger charge is 2.13. The van der Waals surface area contributed by atoms with Gasteiger partial charge in [-0.2, -0.15) is 0 Å². The molecule has 0 bridgehead atoms. The second-order valence-electron chi connectivity index (χ2n) is 4.89. The quantitative estimate of drug-likeness (QED) is 0.689. The predicted molar refractivity (Wildman–Crippen MR) is 61.3 cm³/mol. The molecule has 1 saturated carbocycles. The van der Waals surface area contributed by atoms with Crippen molar-refractivity contribution in [2.45, 2.75) is 64.7 Å². The van der Waals surface area contributed by atoms with E-state index >= 15 is 0 Å². The molecule has 0 aromatic carbocycles. The maximum atomic E-state index is 9.06.